The van der Waals surface area contributed by atoms with Crippen LogP contribution in [-0.4, -0.2) is 12.1 Å². The predicted molar refractivity (Wildman–Crippen MR) is 50.1 cm³/mol. The number of carbonyl (C=O) groups is 1. The molecule has 0 saturated heterocycles. The molecule has 0 aromatic rings. The maximum atomic E-state index is 10.8. The molecule has 0 aliphatic heterocycles. The summed E-state index contributed by atoms with van der Waals surface area (Å²) in [7, 11) is 0. The van der Waals surface area contributed by atoms with Crippen molar-refractivity contribution in [2.75, 3.05) is 0 Å². The van der Waals surface area contributed by atoms with E-state index >= 15 is 0 Å². The van der Waals surface area contributed by atoms with Crippen LogP contribution in [0.25, 0.3) is 0 Å². The summed E-state index contributed by atoms with van der Waals surface area (Å²) in [5, 5.41) is 0. The van der Waals surface area contributed by atoms with E-state index in [-0.39, 0.29) is 12.1 Å². The zero-order valence-corrected chi connectivity index (χ0v) is 8.25. The van der Waals surface area contributed by atoms with Crippen LogP contribution in [0, 0.1) is 11.8 Å². The fraction of sp³-hybridized carbons (Fsp3) is 0.727. The third-order valence-corrected chi connectivity index (χ3v) is 3.34. The largest absolute Gasteiger partial charge is 0.462 e. The minimum Gasteiger partial charge on any atom is -0.462 e. The van der Waals surface area contributed by atoms with E-state index in [9.17, 15) is 4.79 Å². The van der Waals surface area contributed by atoms with Gasteiger partial charge in [0.2, 0.25) is 0 Å². The SMILES string of the molecule is C/C=C1/C[C@@H]2C[C@H]1C[C@H]2OC(C)=O. The highest BCUT2D eigenvalue weighted by Gasteiger charge is 2.43. The van der Waals surface area contributed by atoms with Crippen molar-refractivity contribution in [1.82, 2.24) is 0 Å². The molecule has 2 nitrogen and oxygen atoms in total. The fourth-order valence-electron chi connectivity index (χ4n) is 2.78. The molecule has 0 amide bonds. The van der Waals surface area contributed by atoms with E-state index in [0.717, 1.165) is 12.8 Å². The lowest BCUT2D eigenvalue weighted by Crippen LogP contribution is -2.23. The lowest BCUT2D eigenvalue weighted by Gasteiger charge is -2.22. The minimum absolute atomic E-state index is 0.125. The van der Waals surface area contributed by atoms with Crippen LogP contribution in [-0.2, 0) is 9.53 Å². The van der Waals surface area contributed by atoms with Gasteiger partial charge in [-0.1, -0.05) is 11.6 Å². The number of hydrogen-bond donors (Lipinski definition) is 0. The number of fused-ring (bicyclic) bond motifs is 2. The summed E-state index contributed by atoms with van der Waals surface area (Å²) in [6, 6.07) is 0. The van der Waals surface area contributed by atoms with Crippen molar-refractivity contribution in [3.8, 4) is 0 Å². The molecule has 0 aromatic carbocycles. The molecule has 2 rings (SSSR count). The Labute approximate surface area is 79.0 Å². The van der Waals surface area contributed by atoms with E-state index in [4.69, 9.17) is 4.74 Å². The van der Waals surface area contributed by atoms with Crippen LogP contribution in [0.4, 0.5) is 0 Å². The van der Waals surface area contributed by atoms with Crippen molar-refractivity contribution in [3.05, 3.63) is 11.6 Å². The van der Waals surface area contributed by atoms with Crippen molar-refractivity contribution in [2.45, 2.75) is 39.2 Å². The van der Waals surface area contributed by atoms with Crippen LogP contribution in [0.5, 0.6) is 0 Å². The van der Waals surface area contributed by atoms with Gasteiger partial charge >= 0.3 is 5.97 Å². The molecule has 2 aliphatic carbocycles. The highest BCUT2D eigenvalue weighted by Crippen LogP contribution is 2.49. The molecule has 0 N–H and O–H groups in total. The monoisotopic (exact) mass is 180 g/mol. The van der Waals surface area contributed by atoms with Crippen molar-refractivity contribution >= 4 is 5.97 Å². The summed E-state index contributed by atoms with van der Waals surface area (Å²) in [6.45, 7) is 3.61. The Morgan fingerprint density at radius 3 is 2.77 bits per heavy atom. The molecule has 3 atom stereocenters. The summed E-state index contributed by atoms with van der Waals surface area (Å²) in [6.07, 6.45) is 5.89. The van der Waals surface area contributed by atoms with Crippen LogP contribution in [0.2, 0.25) is 0 Å². The van der Waals surface area contributed by atoms with Gasteiger partial charge in [-0.3, -0.25) is 4.79 Å². The van der Waals surface area contributed by atoms with E-state index in [1.807, 2.05) is 0 Å². The first kappa shape index (κ1) is 8.79. The van der Waals surface area contributed by atoms with Crippen LogP contribution < -0.4 is 0 Å². The van der Waals surface area contributed by atoms with Gasteiger partial charge in [-0.25, -0.2) is 0 Å². The molecule has 13 heavy (non-hydrogen) atoms. The molecule has 0 aromatic heterocycles. The van der Waals surface area contributed by atoms with Gasteiger partial charge in [-0.15, -0.1) is 0 Å². The lowest BCUT2D eigenvalue weighted by molar-refractivity contribution is -0.148. The Hall–Kier alpha value is -0.790. The molecule has 0 heterocycles. The molecule has 2 aliphatic rings. The number of allylic oxidation sites excluding steroid dienone is 2. The molecule has 2 heteroatoms. The quantitative estimate of drug-likeness (QED) is 0.457. The number of hydrogen-bond acceptors (Lipinski definition) is 2. The molecule has 0 unspecified atom stereocenters. The molecule has 2 bridgehead atoms. The maximum absolute atomic E-state index is 10.8. The van der Waals surface area contributed by atoms with Gasteiger partial charge in [-0.05, 0) is 32.1 Å². The molecule has 0 radical (unpaired) electrons. The zero-order valence-electron chi connectivity index (χ0n) is 8.25. The normalized spacial score (nSPS) is 39.8. The van der Waals surface area contributed by atoms with Gasteiger partial charge in [0.1, 0.15) is 6.10 Å². The second-order valence-corrected chi connectivity index (χ2v) is 4.14. The van der Waals surface area contributed by atoms with Crippen molar-refractivity contribution in [3.63, 3.8) is 0 Å². The highest BCUT2D eigenvalue weighted by atomic mass is 16.5. The first-order valence-corrected chi connectivity index (χ1v) is 5.03. The van der Waals surface area contributed by atoms with Crippen LogP contribution in [0.1, 0.15) is 33.1 Å². The molecular weight excluding hydrogens is 164 g/mol. The third kappa shape index (κ3) is 1.50. The van der Waals surface area contributed by atoms with Crippen LogP contribution in [0.15, 0.2) is 11.6 Å². The van der Waals surface area contributed by atoms with E-state index in [2.05, 4.69) is 13.0 Å². The Kier molecular flexibility index (Phi) is 2.14. The van der Waals surface area contributed by atoms with Gasteiger partial charge in [0.25, 0.3) is 0 Å². The maximum Gasteiger partial charge on any atom is 0.302 e. The van der Waals surface area contributed by atoms with Crippen molar-refractivity contribution in [2.24, 2.45) is 11.8 Å². The number of carbonyl (C=O) groups excluding carboxylic acids is 1. The zero-order chi connectivity index (χ0) is 9.42. The number of esters is 1. The van der Waals surface area contributed by atoms with Crippen LogP contribution in [0.3, 0.4) is 0 Å². The fourth-order valence-corrected chi connectivity index (χ4v) is 2.78. The first-order valence-electron chi connectivity index (χ1n) is 5.03. The second-order valence-electron chi connectivity index (χ2n) is 4.14. The van der Waals surface area contributed by atoms with Gasteiger partial charge in [-0.2, -0.15) is 0 Å². The topological polar surface area (TPSA) is 26.3 Å². The predicted octanol–water partition coefficient (Wildman–Crippen LogP) is 2.29. The summed E-state index contributed by atoms with van der Waals surface area (Å²) in [4.78, 5) is 10.8. The van der Waals surface area contributed by atoms with Crippen molar-refractivity contribution in [1.29, 1.82) is 0 Å². The number of rotatable bonds is 1. The first-order chi connectivity index (χ1) is 6.20. The Morgan fingerprint density at radius 1 is 1.54 bits per heavy atom. The molecule has 0 spiro atoms. The molecule has 2 fully saturated rings. The summed E-state index contributed by atoms with van der Waals surface area (Å²) >= 11 is 0. The van der Waals surface area contributed by atoms with Gasteiger partial charge in [0.05, 0.1) is 0 Å². The summed E-state index contributed by atoms with van der Waals surface area (Å²) in [5.74, 6) is 1.19. The van der Waals surface area contributed by atoms with E-state index in [0.29, 0.717) is 11.8 Å². The average molecular weight is 180 g/mol. The van der Waals surface area contributed by atoms with Gasteiger partial charge in [0.15, 0.2) is 0 Å². The standard InChI is InChI=1S/C11H16O2/c1-3-8-4-10-5-9(8)6-11(10)13-7(2)12/h3,9-11H,4-6H2,1-2H3/b8-3-/t9-,10+,11+/m0/s1. The van der Waals surface area contributed by atoms with Crippen LogP contribution >= 0.6 is 0 Å². The van der Waals surface area contributed by atoms with E-state index < -0.39 is 0 Å². The van der Waals surface area contributed by atoms with Gasteiger partial charge < -0.3 is 4.74 Å². The van der Waals surface area contributed by atoms with Gasteiger partial charge in [0, 0.05) is 12.8 Å². The van der Waals surface area contributed by atoms with E-state index in [1.54, 1.807) is 5.57 Å². The number of ether oxygens (including phenoxy) is 1. The summed E-state index contributed by atoms with van der Waals surface area (Å²) < 4.78 is 5.27. The smallest absolute Gasteiger partial charge is 0.302 e. The second kappa shape index (κ2) is 3.17. The molecule has 72 valence electrons. The van der Waals surface area contributed by atoms with Crippen molar-refractivity contribution < 1.29 is 9.53 Å². The Morgan fingerprint density at radius 2 is 2.31 bits per heavy atom. The Bertz CT molecular complexity index is 255. The highest BCUT2D eigenvalue weighted by molar-refractivity contribution is 5.66. The van der Waals surface area contributed by atoms with E-state index in [1.165, 1.54) is 13.3 Å². The average Bonchev–Trinajstić information content (AvgIpc) is 2.60. The minimum atomic E-state index is -0.125. The molecule has 2 saturated carbocycles. The molecular formula is C11H16O2. The summed E-state index contributed by atoms with van der Waals surface area (Å²) in [5.41, 5.74) is 1.58. The lowest BCUT2D eigenvalue weighted by atomic mass is 9.92. The Balaban J connectivity index is 1.99. The third-order valence-electron chi connectivity index (χ3n) is 3.34.